The summed E-state index contributed by atoms with van der Waals surface area (Å²) in [7, 11) is 0. The molecule has 120 valence electrons. The fourth-order valence-electron chi connectivity index (χ4n) is 2.81. The topological polar surface area (TPSA) is 56.0 Å². The third-order valence-corrected chi connectivity index (χ3v) is 4.48. The first-order valence-corrected chi connectivity index (χ1v) is 8.09. The van der Waals surface area contributed by atoms with Crippen LogP contribution in [0.5, 0.6) is 0 Å². The van der Waals surface area contributed by atoms with Crippen LogP contribution in [-0.2, 0) is 0 Å². The molecule has 5 nitrogen and oxygen atoms in total. The first kappa shape index (κ1) is 15.0. The molecule has 3 aromatic heterocycles. The molecular weight excluding hydrogens is 322 g/mol. The minimum atomic E-state index is 0.529. The van der Waals surface area contributed by atoms with Gasteiger partial charge in [-0.3, -0.25) is 0 Å². The Bertz CT molecular complexity index is 1110. The Hall–Kier alpha value is -2.53. The summed E-state index contributed by atoms with van der Waals surface area (Å²) in [6.07, 6.45) is 0. The highest BCUT2D eigenvalue weighted by Crippen LogP contribution is 2.25. The van der Waals surface area contributed by atoms with Crippen LogP contribution in [0, 0.1) is 27.7 Å². The standard InChI is InChI=1S/C18H16ClN5/c1-9-5-13-14(6-10(9)2)22-18(12(4)21-13)15-8-17-20-11(3)7-16(19)24(17)23-15/h5-8H,1-4H3. The Balaban J connectivity index is 1.97. The monoisotopic (exact) mass is 337 g/mol. The molecule has 0 saturated carbocycles. The van der Waals surface area contributed by atoms with Gasteiger partial charge in [-0.05, 0) is 57.0 Å². The number of halogens is 1. The number of aromatic nitrogens is 5. The molecule has 1 aromatic carbocycles. The van der Waals surface area contributed by atoms with Crippen molar-refractivity contribution in [1.29, 1.82) is 0 Å². The van der Waals surface area contributed by atoms with Gasteiger partial charge in [0.05, 0.1) is 16.7 Å². The predicted molar refractivity (Wildman–Crippen MR) is 95.5 cm³/mol. The molecule has 3 heterocycles. The van der Waals surface area contributed by atoms with Gasteiger partial charge in [-0.15, -0.1) is 0 Å². The summed E-state index contributed by atoms with van der Waals surface area (Å²) < 4.78 is 1.62. The second-order valence-electron chi connectivity index (χ2n) is 6.10. The van der Waals surface area contributed by atoms with Crippen molar-refractivity contribution in [3.63, 3.8) is 0 Å². The summed E-state index contributed by atoms with van der Waals surface area (Å²) in [5, 5.41) is 5.08. The van der Waals surface area contributed by atoms with E-state index in [1.165, 1.54) is 11.1 Å². The lowest BCUT2D eigenvalue weighted by Gasteiger charge is -2.07. The fourth-order valence-corrected chi connectivity index (χ4v) is 3.09. The number of hydrogen-bond donors (Lipinski definition) is 0. The average molecular weight is 338 g/mol. The van der Waals surface area contributed by atoms with Crippen molar-refractivity contribution in [2.45, 2.75) is 27.7 Å². The largest absolute Gasteiger partial charge is 0.249 e. The van der Waals surface area contributed by atoms with Gasteiger partial charge in [0.25, 0.3) is 0 Å². The molecule has 6 heteroatoms. The zero-order valence-corrected chi connectivity index (χ0v) is 14.7. The lowest BCUT2D eigenvalue weighted by Crippen LogP contribution is -1.97. The smallest absolute Gasteiger partial charge is 0.157 e. The third-order valence-electron chi connectivity index (χ3n) is 4.21. The Morgan fingerprint density at radius 2 is 1.50 bits per heavy atom. The van der Waals surface area contributed by atoms with Crippen molar-refractivity contribution in [1.82, 2.24) is 24.6 Å². The van der Waals surface area contributed by atoms with Gasteiger partial charge in [0.1, 0.15) is 16.5 Å². The van der Waals surface area contributed by atoms with Crippen LogP contribution in [0.25, 0.3) is 28.1 Å². The molecule has 0 radical (unpaired) electrons. The highest BCUT2D eigenvalue weighted by atomic mass is 35.5. The van der Waals surface area contributed by atoms with E-state index in [2.05, 4.69) is 36.1 Å². The molecule has 0 saturated heterocycles. The van der Waals surface area contributed by atoms with Gasteiger partial charge in [0.2, 0.25) is 0 Å². The van der Waals surface area contributed by atoms with Crippen LogP contribution in [0.1, 0.15) is 22.5 Å². The molecule has 0 aliphatic carbocycles. The van der Waals surface area contributed by atoms with Crippen LogP contribution >= 0.6 is 11.6 Å². The molecule has 0 aliphatic heterocycles. The number of fused-ring (bicyclic) bond motifs is 2. The van der Waals surface area contributed by atoms with Crippen LogP contribution < -0.4 is 0 Å². The highest BCUT2D eigenvalue weighted by molar-refractivity contribution is 6.29. The van der Waals surface area contributed by atoms with Crippen LogP contribution in [0.3, 0.4) is 0 Å². The lowest BCUT2D eigenvalue weighted by atomic mass is 10.1. The van der Waals surface area contributed by atoms with E-state index in [1.807, 2.05) is 19.9 Å². The number of rotatable bonds is 1. The van der Waals surface area contributed by atoms with Gasteiger partial charge >= 0.3 is 0 Å². The van der Waals surface area contributed by atoms with E-state index in [4.69, 9.17) is 21.6 Å². The van der Waals surface area contributed by atoms with Crippen LogP contribution in [0.2, 0.25) is 5.15 Å². The van der Waals surface area contributed by atoms with Crippen molar-refractivity contribution < 1.29 is 0 Å². The van der Waals surface area contributed by atoms with Gasteiger partial charge in [-0.25, -0.2) is 19.5 Å². The normalized spacial score (nSPS) is 11.5. The zero-order chi connectivity index (χ0) is 17.0. The Labute approximate surface area is 144 Å². The summed E-state index contributed by atoms with van der Waals surface area (Å²) >= 11 is 6.26. The van der Waals surface area contributed by atoms with Crippen molar-refractivity contribution in [2.75, 3.05) is 0 Å². The van der Waals surface area contributed by atoms with Gasteiger partial charge in [-0.1, -0.05) is 11.6 Å². The fraction of sp³-hybridized carbons (Fsp3) is 0.222. The van der Waals surface area contributed by atoms with E-state index >= 15 is 0 Å². The quantitative estimate of drug-likeness (QED) is 0.488. The minimum absolute atomic E-state index is 0.529. The summed E-state index contributed by atoms with van der Waals surface area (Å²) in [4.78, 5) is 14.0. The summed E-state index contributed by atoms with van der Waals surface area (Å²) in [5.41, 5.74) is 8.04. The second-order valence-corrected chi connectivity index (χ2v) is 6.49. The maximum Gasteiger partial charge on any atom is 0.157 e. The van der Waals surface area contributed by atoms with Crippen molar-refractivity contribution in [2.24, 2.45) is 0 Å². The zero-order valence-electron chi connectivity index (χ0n) is 13.9. The molecule has 24 heavy (non-hydrogen) atoms. The molecule has 0 N–H and O–H groups in total. The van der Waals surface area contributed by atoms with Crippen molar-refractivity contribution in [3.8, 4) is 11.4 Å². The Morgan fingerprint density at radius 3 is 2.21 bits per heavy atom. The molecule has 0 aliphatic rings. The minimum Gasteiger partial charge on any atom is -0.249 e. The predicted octanol–water partition coefficient (Wildman–Crippen LogP) is 4.23. The first-order chi connectivity index (χ1) is 11.4. The lowest BCUT2D eigenvalue weighted by molar-refractivity contribution is 0.930. The molecule has 0 fully saturated rings. The van der Waals surface area contributed by atoms with Crippen LogP contribution in [0.4, 0.5) is 0 Å². The van der Waals surface area contributed by atoms with Gasteiger partial charge in [0, 0.05) is 11.8 Å². The number of nitrogens with zero attached hydrogens (tertiary/aromatic N) is 5. The number of benzene rings is 1. The molecule has 0 bridgehead atoms. The van der Waals surface area contributed by atoms with E-state index in [0.29, 0.717) is 10.8 Å². The maximum atomic E-state index is 6.26. The molecule has 4 rings (SSSR count). The highest BCUT2D eigenvalue weighted by Gasteiger charge is 2.14. The third kappa shape index (κ3) is 2.32. The van der Waals surface area contributed by atoms with E-state index in [9.17, 15) is 0 Å². The van der Waals surface area contributed by atoms with Crippen LogP contribution in [0.15, 0.2) is 24.3 Å². The van der Waals surface area contributed by atoms with E-state index in [1.54, 1.807) is 10.6 Å². The van der Waals surface area contributed by atoms with Crippen molar-refractivity contribution >= 4 is 28.3 Å². The molecule has 0 atom stereocenters. The van der Waals surface area contributed by atoms with Gasteiger partial charge < -0.3 is 0 Å². The van der Waals surface area contributed by atoms with E-state index in [-0.39, 0.29) is 0 Å². The molecular formula is C18H16ClN5. The average Bonchev–Trinajstić information content (AvgIpc) is 2.92. The molecule has 0 spiro atoms. The van der Waals surface area contributed by atoms with Gasteiger partial charge in [-0.2, -0.15) is 5.10 Å². The molecule has 0 unspecified atom stereocenters. The summed E-state index contributed by atoms with van der Waals surface area (Å²) in [5.74, 6) is 0. The summed E-state index contributed by atoms with van der Waals surface area (Å²) in [6, 6.07) is 7.81. The number of hydrogen-bond acceptors (Lipinski definition) is 4. The Morgan fingerprint density at radius 1 is 0.833 bits per heavy atom. The van der Waals surface area contributed by atoms with E-state index < -0.39 is 0 Å². The second kappa shape index (κ2) is 5.24. The maximum absolute atomic E-state index is 6.26. The Kier molecular flexibility index (Phi) is 3.28. The first-order valence-electron chi connectivity index (χ1n) is 7.71. The van der Waals surface area contributed by atoms with Crippen LogP contribution in [-0.4, -0.2) is 24.6 Å². The van der Waals surface area contributed by atoms with E-state index in [0.717, 1.165) is 33.8 Å². The van der Waals surface area contributed by atoms with Gasteiger partial charge in [0.15, 0.2) is 5.65 Å². The SMILES string of the molecule is Cc1cc(Cl)n2nc(-c3nc4cc(C)c(C)cc4nc3C)cc2n1. The summed E-state index contributed by atoms with van der Waals surface area (Å²) in [6.45, 7) is 8.01. The molecule has 0 amide bonds. The van der Waals surface area contributed by atoms with Crippen molar-refractivity contribution in [3.05, 3.63) is 51.9 Å². The molecule has 4 aromatic rings. The number of aryl methyl sites for hydroxylation is 4.